The van der Waals surface area contributed by atoms with Crippen LogP contribution in [0.1, 0.15) is 42.9 Å². The van der Waals surface area contributed by atoms with Gasteiger partial charge in [0.25, 0.3) is 0 Å². The summed E-state index contributed by atoms with van der Waals surface area (Å²) in [6.07, 6.45) is 8.79. The lowest BCUT2D eigenvalue weighted by Gasteiger charge is -2.32. The van der Waals surface area contributed by atoms with Crippen molar-refractivity contribution in [2.24, 2.45) is 0 Å². The zero-order chi connectivity index (χ0) is 23.4. The number of fused-ring (bicyclic) bond motifs is 2. The number of rotatable bonds is 5. The Hall–Kier alpha value is -3.71. The monoisotopic (exact) mass is 463 g/mol. The lowest BCUT2D eigenvalue weighted by Crippen LogP contribution is -2.36. The van der Waals surface area contributed by atoms with E-state index in [0.29, 0.717) is 11.7 Å². The van der Waals surface area contributed by atoms with E-state index in [0.717, 1.165) is 46.7 Å². The molecule has 1 saturated heterocycles. The molecule has 0 bridgehead atoms. The van der Waals surface area contributed by atoms with Gasteiger partial charge in [-0.15, -0.1) is 0 Å². The van der Waals surface area contributed by atoms with Gasteiger partial charge in [0.1, 0.15) is 11.8 Å². The molecule has 1 unspecified atom stereocenters. The number of piperidine rings is 1. The van der Waals surface area contributed by atoms with Crippen LogP contribution in [0.15, 0.2) is 67.1 Å². The van der Waals surface area contributed by atoms with E-state index in [1.165, 1.54) is 43.5 Å². The van der Waals surface area contributed by atoms with Crippen LogP contribution in [0.25, 0.3) is 27.5 Å². The molecule has 7 nitrogen and oxygen atoms in total. The van der Waals surface area contributed by atoms with Gasteiger partial charge in [0.15, 0.2) is 5.82 Å². The summed E-state index contributed by atoms with van der Waals surface area (Å²) in [6, 6.07) is 20.0. The highest BCUT2D eigenvalue weighted by Crippen LogP contribution is 2.39. The van der Waals surface area contributed by atoms with Crippen LogP contribution in [-0.4, -0.2) is 48.4 Å². The maximum atomic E-state index is 6.42. The molecule has 2 aromatic carbocycles. The van der Waals surface area contributed by atoms with Crippen molar-refractivity contribution in [3.8, 4) is 11.1 Å². The third-order valence-electron chi connectivity index (χ3n) is 7.60. The number of nitrogen functional groups attached to an aromatic ring is 1. The number of likely N-dealkylation sites (tertiary alicyclic amines) is 1. The van der Waals surface area contributed by atoms with Crippen LogP contribution in [0.4, 0.5) is 5.82 Å². The van der Waals surface area contributed by atoms with E-state index in [9.17, 15) is 0 Å². The highest BCUT2D eigenvalue weighted by molar-refractivity contribution is 5.92. The molecule has 1 aliphatic carbocycles. The van der Waals surface area contributed by atoms with Crippen molar-refractivity contribution < 1.29 is 0 Å². The molecule has 1 aliphatic heterocycles. The lowest BCUT2D eigenvalue weighted by atomic mass is 9.94. The Morgan fingerprint density at radius 2 is 1.89 bits per heavy atom. The second-order valence-corrected chi connectivity index (χ2v) is 10.0. The van der Waals surface area contributed by atoms with Crippen LogP contribution < -0.4 is 5.73 Å². The Morgan fingerprint density at radius 3 is 2.74 bits per heavy atom. The summed E-state index contributed by atoms with van der Waals surface area (Å²) in [5.74, 6) is 0.972. The Balaban J connectivity index is 1.28. The number of hydrogen-bond donors (Lipinski definition) is 1. The van der Waals surface area contributed by atoms with Crippen molar-refractivity contribution in [2.45, 2.75) is 44.2 Å². The standard InChI is InChI=1S/C28H29N7/c29-28-27-24(14-26(35(27)31-18-30-28)22-7-4-12-33(16-22)23-10-11-23)20-8-9-21-17-34(32-25(21)13-20)15-19-5-2-1-3-6-19/h1-3,5-6,8-9,13-14,17-18,22-23H,4,7,10-12,15-16H2,(H2,29,30,31). The van der Waals surface area contributed by atoms with Gasteiger partial charge in [0, 0.05) is 41.3 Å². The highest BCUT2D eigenvalue weighted by Gasteiger charge is 2.34. The minimum atomic E-state index is 0.453. The SMILES string of the molecule is Nc1ncnn2c(C3CCCN(C4CC4)C3)cc(-c3ccc4cn(Cc5ccccc5)nc4c3)c12. The molecule has 7 heteroatoms. The van der Waals surface area contributed by atoms with Gasteiger partial charge >= 0.3 is 0 Å². The number of nitrogens with zero attached hydrogens (tertiary/aromatic N) is 6. The van der Waals surface area contributed by atoms with Gasteiger partial charge in [0.05, 0.1) is 12.1 Å². The van der Waals surface area contributed by atoms with E-state index in [4.69, 9.17) is 10.8 Å². The zero-order valence-corrected chi connectivity index (χ0v) is 19.7. The summed E-state index contributed by atoms with van der Waals surface area (Å²) in [6.45, 7) is 3.07. The van der Waals surface area contributed by atoms with Gasteiger partial charge in [0.2, 0.25) is 0 Å². The van der Waals surface area contributed by atoms with Gasteiger partial charge in [-0.3, -0.25) is 9.58 Å². The van der Waals surface area contributed by atoms with Crippen LogP contribution in [-0.2, 0) is 6.54 Å². The summed E-state index contributed by atoms with van der Waals surface area (Å²) in [7, 11) is 0. The number of nitrogens with two attached hydrogens (primary N) is 1. The van der Waals surface area contributed by atoms with Crippen molar-refractivity contribution >= 4 is 22.2 Å². The summed E-state index contributed by atoms with van der Waals surface area (Å²) in [5.41, 5.74) is 13.0. The van der Waals surface area contributed by atoms with Crippen LogP contribution in [0, 0.1) is 0 Å². The van der Waals surface area contributed by atoms with Crippen molar-refractivity contribution in [2.75, 3.05) is 18.8 Å². The third kappa shape index (κ3) is 3.76. The fourth-order valence-electron chi connectivity index (χ4n) is 5.71. The lowest BCUT2D eigenvalue weighted by molar-refractivity contribution is 0.196. The topological polar surface area (TPSA) is 77.3 Å². The minimum Gasteiger partial charge on any atom is -0.382 e. The van der Waals surface area contributed by atoms with Gasteiger partial charge in [-0.05, 0) is 55.5 Å². The van der Waals surface area contributed by atoms with Crippen molar-refractivity contribution in [1.29, 1.82) is 0 Å². The van der Waals surface area contributed by atoms with Crippen LogP contribution >= 0.6 is 0 Å². The van der Waals surface area contributed by atoms with Crippen molar-refractivity contribution in [3.63, 3.8) is 0 Å². The Kier molecular flexibility index (Phi) is 4.84. The summed E-state index contributed by atoms with van der Waals surface area (Å²) in [5, 5.41) is 10.6. The summed E-state index contributed by atoms with van der Waals surface area (Å²) >= 11 is 0. The van der Waals surface area contributed by atoms with Gasteiger partial charge in [-0.1, -0.05) is 42.5 Å². The average Bonchev–Trinajstić information content (AvgIpc) is 3.55. The fraction of sp³-hybridized carbons (Fsp3) is 0.321. The molecule has 35 heavy (non-hydrogen) atoms. The van der Waals surface area contributed by atoms with Crippen LogP contribution in [0.3, 0.4) is 0 Å². The first-order valence-corrected chi connectivity index (χ1v) is 12.6. The van der Waals surface area contributed by atoms with E-state index < -0.39 is 0 Å². The molecule has 0 amide bonds. The molecule has 1 atom stereocenters. The Labute approximate surface area is 204 Å². The molecule has 0 spiro atoms. The molecule has 2 fully saturated rings. The van der Waals surface area contributed by atoms with Gasteiger partial charge < -0.3 is 5.73 Å². The fourth-order valence-corrected chi connectivity index (χ4v) is 5.71. The van der Waals surface area contributed by atoms with Crippen molar-refractivity contribution in [3.05, 3.63) is 78.4 Å². The average molecular weight is 464 g/mol. The smallest absolute Gasteiger partial charge is 0.151 e. The molecule has 176 valence electrons. The first-order valence-electron chi connectivity index (χ1n) is 12.6. The first kappa shape index (κ1) is 20.6. The van der Waals surface area contributed by atoms with E-state index in [1.807, 2.05) is 15.3 Å². The minimum absolute atomic E-state index is 0.453. The van der Waals surface area contributed by atoms with E-state index in [-0.39, 0.29) is 0 Å². The predicted molar refractivity (Wildman–Crippen MR) is 138 cm³/mol. The third-order valence-corrected chi connectivity index (χ3v) is 7.60. The molecule has 7 rings (SSSR count). The number of hydrogen-bond acceptors (Lipinski definition) is 5. The van der Waals surface area contributed by atoms with Crippen molar-refractivity contribution in [1.82, 2.24) is 29.3 Å². The van der Waals surface area contributed by atoms with Gasteiger partial charge in [-0.25, -0.2) is 9.50 Å². The normalized spacial score (nSPS) is 19.0. The molecule has 4 heterocycles. The van der Waals surface area contributed by atoms with E-state index in [1.54, 1.807) is 6.33 Å². The number of anilines is 1. The number of benzene rings is 2. The quantitative estimate of drug-likeness (QED) is 0.408. The molecular weight excluding hydrogens is 434 g/mol. The zero-order valence-electron chi connectivity index (χ0n) is 19.7. The highest BCUT2D eigenvalue weighted by atomic mass is 15.3. The van der Waals surface area contributed by atoms with Crippen LogP contribution in [0.2, 0.25) is 0 Å². The molecule has 2 aliphatic rings. The van der Waals surface area contributed by atoms with E-state index >= 15 is 0 Å². The Morgan fingerprint density at radius 1 is 1.00 bits per heavy atom. The number of aromatic nitrogens is 5. The molecule has 2 N–H and O–H groups in total. The van der Waals surface area contributed by atoms with Crippen LogP contribution in [0.5, 0.6) is 0 Å². The maximum absolute atomic E-state index is 6.42. The molecule has 5 aromatic rings. The summed E-state index contributed by atoms with van der Waals surface area (Å²) < 4.78 is 4.05. The second kappa shape index (κ2) is 8.20. The van der Waals surface area contributed by atoms with E-state index in [2.05, 4.69) is 69.7 Å². The molecule has 0 radical (unpaired) electrons. The Bertz CT molecular complexity index is 1510. The largest absolute Gasteiger partial charge is 0.382 e. The summed E-state index contributed by atoms with van der Waals surface area (Å²) in [4.78, 5) is 7.00. The maximum Gasteiger partial charge on any atom is 0.151 e. The molecular formula is C28H29N7. The second-order valence-electron chi connectivity index (χ2n) is 10.0. The predicted octanol–water partition coefficient (Wildman–Crippen LogP) is 4.72. The molecule has 3 aromatic heterocycles. The van der Waals surface area contributed by atoms with Gasteiger partial charge in [-0.2, -0.15) is 10.2 Å². The molecule has 1 saturated carbocycles. The first-order chi connectivity index (χ1) is 17.2.